The predicted molar refractivity (Wildman–Crippen MR) is 81.2 cm³/mol. The Kier molecular flexibility index (Phi) is 2.53. The first-order valence-electron chi connectivity index (χ1n) is 6.83. The van der Waals surface area contributed by atoms with Crippen molar-refractivity contribution >= 4 is 32.3 Å². The van der Waals surface area contributed by atoms with Crippen LogP contribution in [0.3, 0.4) is 0 Å². The number of sulfone groups is 1. The summed E-state index contributed by atoms with van der Waals surface area (Å²) >= 11 is 0. The highest BCUT2D eigenvalue weighted by Crippen LogP contribution is 2.34. The van der Waals surface area contributed by atoms with E-state index in [9.17, 15) is 13.2 Å². The molecule has 2 aromatic carbocycles. The monoisotopic (exact) mass is 302 g/mol. The van der Waals surface area contributed by atoms with Crippen molar-refractivity contribution in [3.8, 4) is 0 Å². The van der Waals surface area contributed by atoms with Gasteiger partial charge in [0.25, 0.3) is 0 Å². The van der Waals surface area contributed by atoms with Crippen molar-refractivity contribution in [1.82, 2.24) is 5.32 Å². The van der Waals surface area contributed by atoms with Gasteiger partial charge >= 0.3 is 6.03 Å². The van der Waals surface area contributed by atoms with Crippen LogP contribution in [0.25, 0.3) is 10.8 Å². The van der Waals surface area contributed by atoms with Crippen LogP contribution in [0, 0.1) is 0 Å². The third kappa shape index (κ3) is 1.90. The average Bonchev–Trinajstić information content (AvgIpc) is 2.88. The largest absolute Gasteiger partial charge is 0.332 e. The van der Waals surface area contributed by atoms with Gasteiger partial charge < -0.3 is 5.32 Å². The van der Waals surface area contributed by atoms with Crippen molar-refractivity contribution < 1.29 is 13.2 Å². The van der Waals surface area contributed by atoms with Crippen molar-refractivity contribution in [2.75, 3.05) is 16.4 Å². The van der Waals surface area contributed by atoms with E-state index in [1.54, 1.807) is 4.90 Å². The van der Waals surface area contributed by atoms with Crippen LogP contribution in [0.5, 0.6) is 0 Å². The maximum Gasteiger partial charge on any atom is 0.322 e. The van der Waals surface area contributed by atoms with Crippen LogP contribution in [0.2, 0.25) is 0 Å². The van der Waals surface area contributed by atoms with Crippen LogP contribution in [0.1, 0.15) is 0 Å². The van der Waals surface area contributed by atoms with Crippen LogP contribution in [-0.4, -0.2) is 38.0 Å². The zero-order valence-electron chi connectivity index (χ0n) is 11.2. The van der Waals surface area contributed by atoms with Gasteiger partial charge in [-0.3, -0.25) is 4.90 Å². The van der Waals surface area contributed by atoms with Crippen LogP contribution < -0.4 is 10.2 Å². The average molecular weight is 302 g/mol. The minimum absolute atomic E-state index is 0.0274. The van der Waals surface area contributed by atoms with E-state index in [2.05, 4.69) is 5.32 Å². The molecule has 0 saturated carbocycles. The molecule has 1 N–H and O–H groups in total. The summed E-state index contributed by atoms with van der Waals surface area (Å²) in [6.07, 6.45) is 0. The zero-order valence-corrected chi connectivity index (χ0v) is 12.0. The first-order valence-corrected chi connectivity index (χ1v) is 8.65. The number of benzene rings is 2. The fourth-order valence-corrected chi connectivity index (χ4v) is 5.20. The molecule has 0 unspecified atom stereocenters. The third-order valence-electron chi connectivity index (χ3n) is 4.21. The van der Waals surface area contributed by atoms with Crippen LogP contribution in [0.15, 0.2) is 42.5 Å². The summed E-state index contributed by atoms with van der Waals surface area (Å²) in [5, 5.41) is 4.79. The summed E-state index contributed by atoms with van der Waals surface area (Å²) in [7, 11) is -3.08. The normalized spacial score (nSPS) is 26.9. The number of fused-ring (bicyclic) bond motifs is 2. The topological polar surface area (TPSA) is 66.5 Å². The summed E-state index contributed by atoms with van der Waals surface area (Å²) in [4.78, 5) is 13.9. The molecule has 5 nitrogen and oxygen atoms in total. The lowest BCUT2D eigenvalue weighted by Crippen LogP contribution is -2.37. The minimum atomic E-state index is -3.08. The van der Waals surface area contributed by atoms with Crippen LogP contribution >= 0.6 is 0 Å². The Labute approximate surface area is 122 Å². The Morgan fingerprint density at radius 2 is 1.81 bits per heavy atom. The standard InChI is InChI=1S/C15H14N2O3S/c18-15-16-12-8-21(19,20)9-14(12)17(15)13-7-3-5-10-4-1-2-6-11(10)13/h1-7,12,14H,8-9H2,(H,16,18)/t12-,14-/m0/s1. The molecule has 21 heavy (non-hydrogen) atoms. The van der Waals surface area contributed by atoms with E-state index in [0.717, 1.165) is 16.5 Å². The van der Waals surface area contributed by atoms with Gasteiger partial charge in [0.2, 0.25) is 0 Å². The van der Waals surface area contributed by atoms with Gasteiger partial charge in [0.15, 0.2) is 9.84 Å². The molecular weight excluding hydrogens is 288 g/mol. The summed E-state index contributed by atoms with van der Waals surface area (Å²) in [5.74, 6) is 0.0598. The SMILES string of the molecule is O=C1N[C@H]2CS(=O)(=O)C[C@@H]2N1c1cccc2ccccc12. The predicted octanol–water partition coefficient (Wildman–Crippen LogP) is 1.53. The molecule has 2 heterocycles. The van der Waals surface area contributed by atoms with Gasteiger partial charge in [0.05, 0.1) is 29.3 Å². The van der Waals surface area contributed by atoms with Gasteiger partial charge in [-0.05, 0) is 11.5 Å². The molecule has 2 saturated heterocycles. The molecule has 2 fully saturated rings. The number of nitrogens with one attached hydrogen (secondary N) is 1. The molecule has 2 amide bonds. The lowest BCUT2D eigenvalue weighted by atomic mass is 10.1. The van der Waals surface area contributed by atoms with E-state index in [1.807, 2.05) is 42.5 Å². The number of rotatable bonds is 1. The molecule has 0 bridgehead atoms. The minimum Gasteiger partial charge on any atom is -0.332 e. The molecule has 108 valence electrons. The molecule has 0 radical (unpaired) electrons. The van der Waals surface area contributed by atoms with Gasteiger partial charge in [-0.25, -0.2) is 13.2 Å². The van der Waals surface area contributed by atoms with Gasteiger partial charge in [-0.15, -0.1) is 0 Å². The highest BCUT2D eigenvalue weighted by atomic mass is 32.2. The quantitative estimate of drug-likeness (QED) is 0.813. The number of urea groups is 1. The van der Waals surface area contributed by atoms with Gasteiger partial charge in [0, 0.05) is 5.39 Å². The number of amides is 2. The lowest BCUT2D eigenvalue weighted by molar-refractivity contribution is 0.251. The highest BCUT2D eigenvalue weighted by molar-refractivity contribution is 7.91. The highest BCUT2D eigenvalue weighted by Gasteiger charge is 2.49. The maximum atomic E-state index is 12.3. The van der Waals surface area contributed by atoms with E-state index >= 15 is 0 Å². The van der Waals surface area contributed by atoms with Crippen molar-refractivity contribution in [3.05, 3.63) is 42.5 Å². The fourth-order valence-electron chi connectivity index (χ4n) is 3.31. The van der Waals surface area contributed by atoms with E-state index in [1.165, 1.54) is 0 Å². The van der Waals surface area contributed by atoms with Gasteiger partial charge in [-0.2, -0.15) is 0 Å². The first kappa shape index (κ1) is 12.6. The first-order chi connectivity index (χ1) is 10.1. The molecule has 4 rings (SSSR count). The number of hydrogen-bond donors (Lipinski definition) is 1. The van der Waals surface area contributed by atoms with Gasteiger partial charge in [-0.1, -0.05) is 36.4 Å². The van der Waals surface area contributed by atoms with E-state index in [0.29, 0.717) is 0 Å². The van der Waals surface area contributed by atoms with Crippen molar-refractivity contribution in [3.63, 3.8) is 0 Å². The Bertz CT molecular complexity index is 842. The zero-order chi connectivity index (χ0) is 14.6. The summed E-state index contributed by atoms with van der Waals surface area (Å²) in [6, 6.07) is 12.7. The molecule has 6 heteroatoms. The number of nitrogens with zero attached hydrogens (tertiary/aromatic N) is 1. The second kappa shape index (κ2) is 4.21. The summed E-state index contributed by atoms with van der Waals surface area (Å²) in [6.45, 7) is 0. The fraction of sp³-hybridized carbons (Fsp3) is 0.267. The summed E-state index contributed by atoms with van der Waals surface area (Å²) in [5.41, 5.74) is 0.773. The molecule has 2 aromatic rings. The van der Waals surface area contributed by atoms with Gasteiger partial charge in [0.1, 0.15) is 0 Å². The van der Waals surface area contributed by atoms with E-state index in [4.69, 9.17) is 0 Å². The maximum absolute atomic E-state index is 12.3. The Morgan fingerprint density at radius 1 is 1.05 bits per heavy atom. The van der Waals surface area contributed by atoms with E-state index < -0.39 is 9.84 Å². The van der Waals surface area contributed by atoms with Crippen LogP contribution in [0.4, 0.5) is 10.5 Å². The number of carbonyl (C=O) groups excluding carboxylic acids is 1. The Balaban J connectivity index is 1.86. The Hall–Kier alpha value is -2.08. The number of hydrogen-bond acceptors (Lipinski definition) is 3. The molecule has 2 aliphatic heterocycles. The summed E-state index contributed by atoms with van der Waals surface area (Å²) < 4.78 is 23.6. The van der Waals surface area contributed by atoms with Crippen molar-refractivity contribution in [2.45, 2.75) is 12.1 Å². The Morgan fingerprint density at radius 3 is 2.67 bits per heavy atom. The van der Waals surface area contributed by atoms with Crippen molar-refractivity contribution in [1.29, 1.82) is 0 Å². The second-order valence-electron chi connectivity index (χ2n) is 5.57. The number of anilines is 1. The molecule has 2 atom stereocenters. The van der Waals surface area contributed by atoms with E-state index in [-0.39, 0.29) is 29.6 Å². The third-order valence-corrected chi connectivity index (χ3v) is 5.92. The van der Waals surface area contributed by atoms with Crippen molar-refractivity contribution in [2.24, 2.45) is 0 Å². The van der Waals surface area contributed by atoms with Crippen LogP contribution in [-0.2, 0) is 9.84 Å². The number of carbonyl (C=O) groups is 1. The molecule has 0 aliphatic carbocycles. The molecule has 2 aliphatic rings. The lowest BCUT2D eigenvalue weighted by Gasteiger charge is -2.23. The smallest absolute Gasteiger partial charge is 0.322 e. The molecule has 0 aromatic heterocycles. The second-order valence-corrected chi connectivity index (χ2v) is 7.72. The molecule has 0 spiro atoms. The molecular formula is C15H14N2O3S.